The number of pyridine rings is 1. The van der Waals surface area contributed by atoms with Gasteiger partial charge in [0.15, 0.2) is 0 Å². The van der Waals surface area contributed by atoms with Crippen molar-refractivity contribution in [1.82, 2.24) is 24.3 Å². The zero-order chi connectivity index (χ0) is 27.6. The number of rotatable bonds is 7. The Bertz CT molecular complexity index is 1500. The van der Waals surface area contributed by atoms with Gasteiger partial charge in [0, 0.05) is 80.5 Å². The summed E-state index contributed by atoms with van der Waals surface area (Å²) in [7, 11) is 0. The Hall–Kier alpha value is -4.16. The van der Waals surface area contributed by atoms with Gasteiger partial charge in [-0.25, -0.2) is 4.52 Å². The maximum atomic E-state index is 12.6. The molecule has 0 aliphatic carbocycles. The Morgan fingerprint density at radius 3 is 2.41 bits per heavy atom. The lowest BCUT2D eigenvalue weighted by Crippen LogP contribution is -2.49. The van der Waals surface area contributed by atoms with Crippen molar-refractivity contribution in [3.05, 3.63) is 60.7 Å². The molecule has 9 nitrogen and oxygen atoms in total. The van der Waals surface area contributed by atoms with E-state index in [1.165, 1.54) is 0 Å². The molecular formula is C30H35N7O2. The second-order valence-corrected chi connectivity index (χ2v) is 11.3. The minimum atomic E-state index is -0.00587. The fourth-order valence-corrected chi connectivity index (χ4v) is 5.08. The van der Waals surface area contributed by atoms with Gasteiger partial charge < -0.3 is 14.9 Å². The number of nitrogens with zero attached hydrogens (tertiary/aromatic N) is 7. The smallest absolute Gasteiger partial charge is 0.223 e. The monoisotopic (exact) mass is 525 g/mol. The van der Waals surface area contributed by atoms with Crippen LogP contribution in [0.4, 0.5) is 5.69 Å². The second-order valence-electron chi connectivity index (χ2n) is 11.3. The molecular weight excluding hydrogens is 490 g/mol. The van der Waals surface area contributed by atoms with Crippen LogP contribution < -0.4 is 4.90 Å². The highest BCUT2D eigenvalue weighted by Crippen LogP contribution is 2.33. The van der Waals surface area contributed by atoms with Gasteiger partial charge >= 0.3 is 0 Å². The molecule has 1 amide bonds. The third-order valence-electron chi connectivity index (χ3n) is 7.10. The Kier molecular flexibility index (Phi) is 7.40. The van der Waals surface area contributed by atoms with Crippen molar-refractivity contribution in [2.45, 2.75) is 40.2 Å². The second kappa shape index (κ2) is 10.9. The third-order valence-corrected chi connectivity index (χ3v) is 7.10. The van der Waals surface area contributed by atoms with E-state index in [1.807, 2.05) is 28.2 Å². The van der Waals surface area contributed by atoms with Crippen LogP contribution in [0.3, 0.4) is 0 Å². The van der Waals surface area contributed by atoms with Gasteiger partial charge in [-0.3, -0.25) is 9.48 Å². The van der Waals surface area contributed by atoms with Crippen LogP contribution in [0.5, 0.6) is 0 Å². The Labute approximate surface area is 228 Å². The Morgan fingerprint density at radius 1 is 1.00 bits per heavy atom. The lowest BCUT2D eigenvalue weighted by atomic mass is 9.91. The van der Waals surface area contributed by atoms with E-state index in [4.69, 9.17) is 5.11 Å². The summed E-state index contributed by atoms with van der Waals surface area (Å²) >= 11 is 0. The van der Waals surface area contributed by atoms with Gasteiger partial charge in [0.05, 0.1) is 23.5 Å². The van der Waals surface area contributed by atoms with Crippen molar-refractivity contribution in [2.24, 2.45) is 5.41 Å². The number of hydrogen-bond acceptors (Lipinski definition) is 6. The highest BCUT2D eigenvalue weighted by atomic mass is 16.3. The molecule has 0 radical (unpaired) electrons. The molecule has 1 N–H and O–H groups in total. The first-order chi connectivity index (χ1) is 18.8. The summed E-state index contributed by atoms with van der Waals surface area (Å²) in [5.41, 5.74) is 6.22. The Balaban J connectivity index is 1.39. The van der Waals surface area contributed by atoms with Crippen LogP contribution >= 0.6 is 0 Å². The van der Waals surface area contributed by atoms with E-state index in [1.54, 1.807) is 10.7 Å². The maximum absolute atomic E-state index is 12.6. The summed E-state index contributed by atoms with van der Waals surface area (Å²) in [6, 6.07) is 12.8. The fraction of sp³-hybridized carbons (Fsp3) is 0.400. The summed E-state index contributed by atoms with van der Waals surface area (Å²) < 4.78 is 3.58. The van der Waals surface area contributed by atoms with Gasteiger partial charge in [0.2, 0.25) is 5.91 Å². The van der Waals surface area contributed by atoms with Gasteiger partial charge in [0.25, 0.3) is 0 Å². The molecule has 3 aromatic heterocycles. The highest BCUT2D eigenvalue weighted by Gasteiger charge is 2.25. The summed E-state index contributed by atoms with van der Waals surface area (Å²) in [6.07, 6.45) is 8.50. The number of aliphatic hydroxyl groups excluding tert-OH is 1. The van der Waals surface area contributed by atoms with Crippen LogP contribution in [0, 0.1) is 16.7 Å². The number of benzene rings is 1. The number of nitriles is 1. The predicted octanol–water partition coefficient (Wildman–Crippen LogP) is 4.20. The van der Waals surface area contributed by atoms with Crippen LogP contribution in [0.25, 0.3) is 27.8 Å². The molecule has 0 unspecified atom stereocenters. The van der Waals surface area contributed by atoms with Gasteiger partial charge in [-0.2, -0.15) is 15.5 Å². The Morgan fingerprint density at radius 2 is 1.74 bits per heavy atom. The lowest BCUT2D eigenvalue weighted by molar-refractivity contribution is -0.133. The SMILES string of the molecule is CC(C)(C)CC(=O)N1CCN(c2ccc(-c3cc(-c4cnn(CCCO)c4)cn4ncc(C#N)c34)cc2)CC1. The molecule has 5 rings (SSSR count). The topological polar surface area (TPSA) is 103 Å². The average Bonchev–Trinajstić information content (AvgIpc) is 3.58. The molecule has 4 aromatic rings. The molecule has 0 saturated carbocycles. The van der Waals surface area contributed by atoms with E-state index in [-0.39, 0.29) is 17.9 Å². The quantitative estimate of drug-likeness (QED) is 0.388. The van der Waals surface area contributed by atoms with E-state index in [0.717, 1.165) is 59.6 Å². The van der Waals surface area contributed by atoms with Gasteiger partial charge in [-0.1, -0.05) is 32.9 Å². The van der Waals surface area contributed by atoms with Crippen LogP contribution in [0.1, 0.15) is 39.2 Å². The summed E-state index contributed by atoms with van der Waals surface area (Å²) in [6.45, 7) is 10.1. The lowest BCUT2D eigenvalue weighted by Gasteiger charge is -2.37. The zero-order valence-corrected chi connectivity index (χ0v) is 22.8. The molecule has 0 bridgehead atoms. The summed E-state index contributed by atoms with van der Waals surface area (Å²) in [4.78, 5) is 16.9. The molecule has 4 heterocycles. The van der Waals surface area contributed by atoms with Crippen molar-refractivity contribution in [3.63, 3.8) is 0 Å². The van der Waals surface area contributed by atoms with Crippen LogP contribution in [0.2, 0.25) is 0 Å². The molecule has 1 aliphatic rings. The van der Waals surface area contributed by atoms with E-state index in [0.29, 0.717) is 24.9 Å². The first kappa shape index (κ1) is 26.4. The minimum absolute atomic E-state index is 0.00587. The van der Waals surface area contributed by atoms with Crippen molar-refractivity contribution < 1.29 is 9.90 Å². The molecule has 0 atom stereocenters. The van der Waals surface area contributed by atoms with Gasteiger partial charge in [-0.05, 0) is 35.6 Å². The molecule has 202 valence electrons. The first-order valence-corrected chi connectivity index (χ1v) is 13.4. The molecule has 1 aliphatic heterocycles. The number of aliphatic hydroxyl groups is 1. The third kappa shape index (κ3) is 5.81. The van der Waals surface area contributed by atoms with Crippen molar-refractivity contribution in [2.75, 3.05) is 37.7 Å². The van der Waals surface area contributed by atoms with Crippen molar-refractivity contribution in [1.29, 1.82) is 5.26 Å². The van der Waals surface area contributed by atoms with E-state index in [9.17, 15) is 10.1 Å². The molecule has 1 fully saturated rings. The molecule has 0 spiro atoms. The van der Waals surface area contributed by atoms with Crippen molar-refractivity contribution >= 4 is 17.1 Å². The van der Waals surface area contributed by atoms with Crippen LogP contribution in [0.15, 0.2) is 55.1 Å². The van der Waals surface area contributed by atoms with E-state index in [2.05, 4.69) is 72.3 Å². The average molecular weight is 526 g/mol. The maximum Gasteiger partial charge on any atom is 0.223 e. The summed E-state index contributed by atoms with van der Waals surface area (Å²) in [5, 5.41) is 27.7. The number of hydrogen-bond donors (Lipinski definition) is 1. The number of carbonyl (C=O) groups is 1. The predicted molar refractivity (Wildman–Crippen MR) is 151 cm³/mol. The molecule has 9 heteroatoms. The normalized spacial score (nSPS) is 14.1. The molecule has 1 saturated heterocycles. The molecule has 39 heavy (non-hydrogen) atoms. The minimum Gasteiger partial charge on any atom is -0.396 e. The zero-order valence-electron chi connectivity index (χ0n) is 22.8. The number of aryl methyl sites for hydroxylation is 1. The first-order valence-electron chi connectivity index (χ1n) is 13.4. The summed E-state index contributed by atoms with van der Waals surface area (Å²) in [5.74, 6) is 0.231. The van der Waals surface area contributed by atoms with Gasteiger partial charge in [-0.15, -0.1) is 0 Å². The number of aromatic nitrogens is 4. The number of piperazine rings is 1. The highest BCUT2D eigenvalue weighted by molar-refractivity contribution is 5.88. The van der Waals surface area contributed by atoms with Crippen LogP contribution in [-0.2, 0) is 11.3 Å². The fourth-order valence-electron chi connectivity index (χ4n) is 5.08. The van der Waals surface area contributed by atoms with E-state index >= 15 is 0 Å². The number of anilines is 1. The van der Waals surface area contributed by atoms with E-state index < -0.39 is 0 Å². The molecule has 1 aromatic carbocycles. The number of carbonyl (C=O) groups excluding carboxylic acids is 1. The van der Waals surface area contributed by atoms with Crippen LogP contribution in [-0.4, -0.2) is 68.1 Å². The van der Waals surface area contributed by atoms with Gasteiger partial charge in [0.1, 0.15) is 6.07 Å². The standard InChI is InChI=1S/C30H35N7O2/c1-30(2,3)16-28(39)35-12-10-34(11-13-35)26-7-5-22(6-8-26)27-15-23(21-37-29(27)24(17-31)18-33-37)25-19-32-36(20-25)9-4-14-38/h5-8,15,18-21,38H,4,9-14,16H2,1-3H3. The number of fused-ring (bicyclic) bond motifs is 1. The number of amides is 1. The van der Waals surface area contributed by atoms with Crippen molar-refractivity contribution in [3.8, 4) is 28.3 Å². The largest absolute Gasteiger partial charge is 0.396 e.